The number of halogens is 2. The second kappa shape index (κ2) is 9.06. The number of rotatable bonds is 7. The van der Waals surface area contributed by atoms with E-state index in [1.807, 2.05) is 30.4 Å². The summed E-state index contributed by atoms with van der Waals surface area (Å²) in [5, 5.41) is 4.41. The van der Waals surface area contributed by atoms with Gasteiger partial charge in [0.1, 0.15) is 11.6 Å². The lowest BCUT2D eigenvalue weighted by Gasteiger charge is -2.12. The van der Waals surface area contributed by atoms with E-state index in [4.69, 9.17) is 0 Å². The first-order valence-corrected chi connectivity index (χ1v) is 9.60. The van der Waals surface area contributed by atoms with Crippen LogP contribution >= 0.6 is 15.9 Å². The van der Waals surface area contributed by atoms with Gasteiger partial charge in [-0.05, 0) is 69.0 Å². The normalized spacial score (nSPS) is 11.6. The van der Waals surface area contributed by atoms with Gasteiger partial charge in [0, 0.05) is 16.4 Å². The van der Waals surface area contributed by atoms with Crippen LogP contribution in [0.5, 0.6) is 0 Å². The molecule has 3 aromatic rings. The summed E-state index contributed by atoms with van der Waals surface area (Å²) in [6.07, 6.45) is 4.75. The zero-order chi connectivity index (χ0) is 19.2. The molecular formula is C21H22BrFN4. The maximum absolute atomic E-state index is 13.0. The monoisotopic (exact) mass is 428 g/mol. The molecule has 0 saturated carbocycles. The topological polar surface area (TPSA) is 41.0 Å². The van der Waals surface area contributed by atoms with E-state index in [0.717, 1.165) is 46.3 Å². The van der Waals surface area contributed by atoms with Gasteiger partial charge in [-0.25, -0.2) is 14.4 Å². The zero-order valence-electron chi connectivity index (χ0n) is 15.4. The van der Waals surface area contributed by atoms with Gasteiger partial charge < -0.3 is 10.2 Å². The first-order valence-electron chi connectivity index (χ1n) is 8.81. The van der Waals surface area contributed by atoms with Crippen molar-refractivity contribution in [3.05, 3.63) is 64.1 Å². The van der Waals surface area contributed by atoms with Crippen molar-refractivity contribution in [2.24, 2.45) is 0 Å². The van der Waals surface area contributed by atoms with Crippen molar-refractivity contribution in [2.75, 3.05) is 32.5 Å². The number of nitrogens with one attached hydrogen (secondary N) is 1. The first-order chi connectivity index (χ1) is 13.0. The molecule has 140 valence electrons. The Hall–Kier alpha value is -2.31. The SMILES string of the molecule is CN(C)CCCNc1nc(C=Cc2ccc(F)cc2)nc2ccc(Br)cc12. The second-order valence-electron chi connectivity index (χ2n) is 6.56. The third-order valence-electron chi connectivity index (χ3n) is 4.04. The number of benzene rings is 2. The van der Waals surface area contributed by atoms with Gasteiger partial charge in [0.2, 0.25) is 0 Å². The molecule has 0 radical (unpaired) electrons. The zero-order valence-corrected chi connectivity index (χ0v) is 17.0. The van der Waals surface area contributed by atoms with E-state index in [-0.39, 0.29) is 5.82 Å². The molecule has 1 aromatic heterocycles. The minimum atomic E-state index is -0.246. The fraction of sp³-hybridized carbons (Fsp3) is 0.238. The molecule has 0 fully saturated rings. The molecule has 6 heteroatoms. The molecule has 27 heavy (non-hydrogen) atoms. The fourth-order valence-corrected chi connectivity index (χ4v) is 3.04. The molecule has 2 aromatic carbocycles. The minimum absolute atomic E-state index is 0.246. The highest BCUT2D eigenvalue weighted by atomic mass is 79.9. The average molecular weight is 429 g/mol. The molecule has 0 amide bonds. The summed E-state index contributed by atoms with van der Waals surface area (Å²) in [7, 11) is 4.13. The summed E-state index contributed by atoms with van der Waals surface area (Å²) in [5.74, 6) is 1.19. The van der Waals surface area contributed by atoms with E-state index < -0.39 is 0 Å². The lowest BCUT2D eigenvalue weighted by Crippen LogP contribution is -2.17. The number of hydrogen-bond acceptors (Lipinski definition) is 4. The summed E-state index contributed by atoms with van der Waals surface area (Å²) in [5.41, 5.74) is 1.78. The van der Waals surface area contributed by atoms with E-state index in [1.165, 1.54) is 12.1 Å². The van der Waals surface area contributed by atoms with Gasteiger partial charge in [0.05, 0.1) is 5.52 Å². The molecule has 0 spiro atoms. The van der Waals surface area contributed by atoms with Crippen LogP contribution in [0, 0.1) is 5.82 Å². The Bertz CT molecular complexity index is 939. The Morgan fingerprint density at radius 1 is 1.07 bits per heavy atom. The van der Waals surface area contributed by atoms with Crippen molar-refractivity contribution in [1.82, 2.24) is 14.9 Å². The van der Waals surface area contributed by atoms with Crippen LogP contribution in [0.2, 0.25) is 0 Å². The van der Waals surface area contributed by atoms with Gasteiger partial charge in [-0.1, -0.05) is 34.1 Å². The van der Waals surface area contributed by atoms with Crippen molar-refractivity contribution >= 4 is 44.8 Å². The van der Waals surface area contributed by atoms with Gasteiger partial charge in [-0.15, -0.1) is 0 Å². The van der Waals surface area contributed by atoms with Crippen molar-refractivity contribution < 1.29 is 4.39 Å². The third-order valence-corrected chi connectivity index (χ3v) is 4.54. The van der Waals surface area contributed by atoms with Crippen LogP contribution in [0.4, 0.5) is 10.2 Å². The van der Waals surface area contributed by atoms with Crippen LogP contribution in [-0.4, -0.2) is 42.1 Å². The van der Waals surface area contributed by atoms with Gasteiger partial charge >= 0.3 is 0 Å². The number of nitrogens with zero attached hydrogens (tertiary/aromatic N) is 3. The number of hydrogen-bond donors (Lipinski definition) is 1. The molecule has 0 unspecified atom stereocenters. The maximum Gasteiger partial charge on any atom is 0.154 e. The Balaban J connectivity index is 1.86. The van der Waals surface area contributed by atoms with E-state index in [9.17, 15) is 4.39 Å². The molecule has 0 aliphatic heterocycles. The summed E-state index contributed by atoms with van der Waals surface area (Å²) in [6.45, 7) is 1.84. The van der Waals surface area contributed by atoms with Crippen LogP contribution in [0.3, 0.4) is 0 Å². The highest BCUT2D eigenvalue weighted by molar-refractivity contribution is 9.10. The summed E-state index contributed by atoms with van der Waals surface area (Å²) >= 11 is 3.52. The van der Waals surface area contributed by atoms with Crippen LogP contribution < -0.4 is 5.32 Å². The maximum atomic E-state index is 13.0. The van der Waals surface area contributed by atoms with E-state index >= 15 is 0 Å². The summed E-state index contributed by atoms with van der Waals surface area (Å²) in [4.78, 5) is 11.5. The summed E-state index contributed by atoms with van der Waals surface area (Å²) in [6, 6.07) is 12.3. The largest absolute Gasteiger partial charge is 0.369 e. The molecule has 0 bridgehead atoms. The molecule has 3 rings (SSSR count). The molecule has 1 heterocycles. The van der Waals surface area contributed by atoms with E-state index in [0.29, 0.717) is 5.82 Å². The molecule has 0 aliphatic rings. The Kier molecular flexibility index (Phi) is 6.53. The highest BCUT2D eigenvalue weighted by Crippen LogP contribution is 2.25. The fourth-order valence-electron chi connectivity index (χ4n) is 2.67. The van der Waals surface area contributed by atoms with Gasteiger partial charge in [0.15, 0.2) is 5.82 Å². The van der Waals surface area contributed by atoms with Gasteiger partial charge in [-0.2, -0.15) is 0 Å². The lowest BCUT2D eigenvalue weighted by atomic mass is 10.2. The van der Waals surface area contributed by atoms with E-state index in [2.05, 4.69) is 50.2 Å². The van der Waals surface area contributed by atoms with Crippen LogP contribution in [0.25, 0.3) is 23.1 Å². The molecular weight excluding hydrogens is 407 g/mol. The average Bonchev–Trinajstić information content (AvgIpc) is 2.65. The first kappa shape index (κ1) is 19.5. The Morgan fingerprint density at radius 3 is 2.59 bits per heavy atom. The van der Waals surface area contributed by atoms with Gasteiger partial charge in [-0.3, -0.25) is 0 Å². The molecule has 0 saturated heterocycles. The highest BCUT2D eigenvalue weighted by Gasteiger charge is 2.07. The quantitative estimate of drug-likeness (QED) is 0.533. The molecule has 1 N–H and O–H groups in total. The second-order valence-corrected chi connectivity index (χ2v) is 7.48. The van der Waals surface area contributed by atoms with Crippen LogP contribution in [-0.2, 0) is 0 Å². The Labute approximate surface area is 167 Å². The number of anilines is 1. The van der Waals surface area contributed by atoms with Crippen molar-refractivity contribution in [1.29, 1.82) is 0 Å². The smallest absolute Gasteiger partial charge is 0.154 e. The van der Waals surface area contributed by atoms with Crippen molar-refractivity contribution in [3.63, 3.8) is 0 Å². The minimum Gasteiger partial charge on any atom is -0.369 e. The lowest BCUT2D eigenvalue weighted by molar-refractivity contribution is 0.405. The van der Waals surface area contributed by atoms with Crippen LogP contribution in [0.15, 0.2) is 46.9 Å². The molecule has 0 aliphatic carbocycles. The predicted molar refractivity (Wildman–Crippen MR) is 114 cm³/mol. The van der Waals surface area contributed by atoms with Crippen molar-refractivity contribution in [3.8, 4) is 0 Å². The van der Waals surface area contributed by atoms with E-state index in [1.54, 1.807) is 12.1 Å². The predicted octanol–water partition coefficient (Wildman–Crippen LogP) is 5.07. The van der Waals surface area contributed by atoms with Crippen molar-refractivity contribution in [2.45, 2.75) is 6.42 Å². The standard InChI is InChI=1S/C21H22BrFN4/c1-27(2)13-3-12-24-21-18-14-16(22)7-10-19(18)25-20(26-21)11-6-15-4-8-17(23)9-5-15/h4-11,14H,3,12-13H2,1-2H3,(H,24,25,26). The third kappa shape index (κ3) is 5.58. The molecule has 4 nitrogen and oxygen atoms in total. The molecule has 0 atom stereocenters. The summed E-state index contributed by atoms with van der Waals surface area (Å²) < 4.78 is 14.0. The number of fused-ring (bicyclic) bond motifs is 1. The van der Waals surface area contributed by atoms with Crippen LogP contribution in [0.1, 0.15) is 17.8 Å². The van der Waals surface area contributed by atoms with Gasteiger partial charge in [0.25, 0.3) is 0 Å². The number of aromatic nitrogens is 2. The Morgan fingerprint density at radius 2 is 1.85 bits per heavy atom.